The van der Waals surface area contributed by atoms with E-state index in [1.165, 1.54) is 17.1 Å². The minimum Gasteiger partial charge on any atom is -0.457 e. The topological polar surface area (TPSA) is 102 Å². The minimum atomic E-state index is -0.893. The molecule has 0 unspecified atom stereocenters. The van der Waals surface area contributed by atoms with E-state index in [9.17, 15) is 19.5 Å². The van der Waals surface area contributed by atoms with E-state index in [1.807, 2.05) is 0 Å². The van der Waals surface area contributed by atoms with Crippen LogP contribution < -0.4 is 0 Å². The molecular formula is C18H23NO7. The molecule has 0 radical (unpaired) electrons. The molecule has 1 fully saturated rings. The fraction of sp³-hybridized carbons (Fsp3) is 0.500. The summed E-state index contributed by atoms with van der Waals surface area (Å²) >= 11 is 0. The number of hydrogen-bond acceptors (Lipinski definition) is 7. The molecular weight excluding hydrogens is 342 g/mol. The molecule has 0 aliphatic carbocycles. The number of carbonyl (C=O) groups is 3. The average molecular weight is 365 g/mol. The zero-order valence-corrected chi connectivity index (χ0v) is 14.8. The Balaban J connectivity index is 2.14. The zero-order valence-electron chi connectivity index (χ0n) is 14.8. The van der Waals surface area contributed by atoms with Gasteiger partial charge in [0.25, 0.3) is 0 Å². The second-order valence-electron chi connectivity index (χ2n) is 6.11. The van der Waals surface area contributed by atoms with Crippen molar-refractivity contribution in [2.75, 3.05) is 19.8 Å². The molecule has 4 atom stereocenters. The predicted octanol–water partition coefficient (Wildman–Crippen LogP) is 1.17. The molecule has 1 amide bonds. The summed E-state index contributed by atoms with van der Waals surface area (Å²) in [6.07, 6.45) is 1.18. The van der Waals surface area contributed by atoms with E-state index in [4.69, 9.17) is 14.2 Å². The first-order valence-corrected chi connectivity index (χ1v) is 8.28. The Kier molecular flexibility index (Phi) is 6.20. The molecule has 2 rings (SSSR count). The second kappa shape index (κ2) is 8.18. The average Bonchev–Trinajstić information content (AvgIpc) is 2.86. The molecule has 0 aromatic rings. The van der Waals surface area contributed by atoms with Gasteiger partial charge in [-0.05, 0) is 12.5 Å². The lowest BCUT2D eigenvalue weighted by atomic mass is 9.78. The van der Waals surface area contributed by atoms with Crippen molar-refractivity contribution in [1.82, 2.24) is 4.90 Å². The van der Waals surface area contributed by atoms with Crippen molar-refractivity contribution in [3.05, 3.63) is 36.6 Å². The molecule has 0 bridgehead atoms. The maximum absolute atomic E-state index is 12.6. The van der Waals surface area contributed by atoms with Gasteiger partial charge >= 0.3 is 12.1 Å². The van der Waals surface area contributed by atoms with Crippen LogP contribution in [-0.2, 0) is 23.8 Å². The summed E-state index contributed by atoms with van der Waals surface area (Å²) < 4.78 is 14.9. The minimum absolute atomic E-state index is 0.000205. The van der Waals surface area contributed by atoms with Crippen LogP contribution in [0.1, 0.15) is 13.8 Å². The van der Waals surface area contributed by atoms with E-state index in [0.29, 0.717) is 5.57 Å². The predicted molar refractivity (Wildman–Crippen MR) is 90.6 cm³/mol. The first-order valence-electron chi connectivity index (χ1n) is 8.28. The maximum Gasteiger partial charge on any atom is 0.508 e. The fourth-order valence-corrected chi connectivity index (χ4v) is 3.42. The van der Waals surface area contributed by atoms with Gasteiger partial charge in [-0.15, -0.1) is 0 Å². The molecule has 8 nitrogen and oxygen atoms in total. The normalized spacial score (nSPS) is 25.1. The molecule has 8 heteroatoms. The van der Waals surface area contributed by atoms with Gasteiger partial charge in [-0.2, -0.15) is 0 Å². The molecule has 2 aliphatic rings. The second-order valence-corrected chi connectivity index (χ2v) is 6.11. The summed E-state index contributed by atoms with van der Waals surface area (Å²) in [4.78, 5) is 37.8. The highest BCUT2D eigenvalue weighted by Crippen LogP contribution is 2.47. The number of aliphatic hydroxyl groups is 1. The van der Waals surface area contributed by atoms with Crippen LogP contribution in [0.2, 0.25) is 0 Å². The number of β-lactam (4-membered cyclic amide) rings is 1. The third-order valence-corrected chi connectivity index (χ3v) is 4.60. The largest absolute Gasteiger partial charge is 0.508 e. The van der Waals surface area contributed by atoms with E-state index in [-0.39, 0.29) is 37.3 Å². The summed E-state index contributed by atoms with van der Waals surface area (Å²) in [5.41, 5.74) is 0.496. The van der Waals surface area contributed by atoms with Crippen molar-refractivity contribution < 1.29 is 33.7 Å². The maximum atomic E-state index is 12.6. The van der Waals surface area contributed by atoms with E-state index in [1.54, 1.807) is 13.8 Å². The van der Waals surface area contributed by atoms with Crippen molar-refractivity contribution in [2.24, 2.45) is 11.8 Å². The van der Waals surface area contributed by atoms with Gasteiger partial charge in [0.05, 0.1) is 18.6 Å². The van der Waals surface area contributed by atoms with Gasteiger partial charge in [0, 0.05) is 5.92 Å². The number of carbonyl (C=O) groups excluding carboxylic acids is 3. The number of rotatable bonds is 8. The number of amides is 1. The summed E-state index contributed by atoms with van der Waals surface area (Å²) in [6.45, 7) is 9.93. The quantitative estimate of drug-likeness (QED) is 0.391. The number of hydrogen-bond donors (Lipinski definition) is 1. The highest BCUT2D eigenvalue weighted by molar-refractivity contribution is 6.00. The number of nitrogens with zero attached hydrogens (tertiary/aromatic N) is 1. The Labute approximate surface area is 151 Å². The number of esters is 1. The first-order chi connectivity index (χ1) is 12.4. The smallest absolute Gasteiger partial charge is 0.457 e. The summed E-state index contributed by atoms with van der Waals surface area (Å²) in [5.74, 6) is -1.95. The fourth-order valence-electron chi connectivity index (χ4n) is 3.42. The molecule has 0 saturated carbocycles. The Hall–Kier alpha value is -2.61. The molecule has 0 aromatic carbocycles. The van der Waals surface area contributed by atoms with Crippen LogP contribution in [0.5, 0.6) is 0 Å². The molecule has 2 aliphatic heterocycles. The Morgan fingerprint density at radius 3 is 2.46 bits per heavy atom. The van der Waals surface area contributed by atoms with E-state index in [2.05, 4.69) is 13.2 Å². The number of fused-ring (bicyclic) bond motifs is 1. The molecule has 2 heterocycles. The molecule has 0 spiro atoms. The van der Waals surface area contributed by atoms with Gasteiger partial charge < -0.3 is 24.2 Å². The monoisotopic (exact) mass is 365 g/mol. The Morgan fingerprint density at radius 1 is 1.27 bits per heavy atom. The Morgan fingerprint density at radius 2 is 1.88 bits per heavy atom. The third-order valence-electron chi connectivity index (χ3n) is 4.60. The lowest BCUT2D eigenvalue weighted by Gasteiger charge is -2.47. The van der Waals surface area contributed by atoms with Crippen molar-refractivity contribution in [2.45, 2.75) is 26.0 Å². The summed E-state index contributed by atoms with van der Waals surface area (Å²) in [6, 6.07) is -0.391. The van der Waals surface area contributed by atoms with Crippen LogP contribution in [0, 0.1) is 11.8 Å². The van der Waals surface area contributed by atoms with Gasteiger partial charge in [-0.1, -0.05) is 32.2 Å². The Bertz CT molecular complexity index is 654. The van der Waals surface area contributed by atoms with Crippen molar-refractivity contribution in [3.8, 4) is 0 Å². The molecule has 26 heavy (non-hydrogen) atoms. The number of ether oxygens (including phenoxy) is 3. The highest BCUT2D eigenvalue weighted by atomic mass is 16.7. The highest BCUT2D eigenvalue weighted by Gasteiger charge is 2.60. The number of aliphatic hydroxyl groups excluding tert-OH is 1. The third kappa shape index (κ3) is 3.37. The molecule has 1 saturated heterocycles. The van der Waals surface area contributed by atoms with Gasteiger partial charge in [0.1, 0.15) is 25.0 Å². The van der Waals surface area contributed by atoms with Gasteiger partial charge in [-0.25, -0.2) is 9.59 Å². The zero-order chi connectivity index (χ0) is 19.4. The summed E-state index contributed by atoms with van der Waals surface area (Å²) in [7, 11) is 0. The van der Waals surface area contributed by atoms with Gasteiger partial charge in [-0.3, -0.25) is 4.79 Å². The van der Waals surface area contributed by atoms with Crippen LogP contribution in [0.15, 0.2) is 36.6 Å². The van der Waals surface area contributed by atoms with Crippen LogP contribution in [0.3, 0.4) is 0 Å². The van der Waals surface area contributed by atoms with Crippen LogP contribution in [0.4, 0.5) is 4.79 Å². The SMILES string of the molecule is C=CCOC(=O)O[C@H](C)[C@H]1C(=O)N2C(C(=O)OCC=C)=C(CO)[C@H](C)[C@H]12. The van der Waals surface area contributed by atoms with E-state index < -0.39 is 30.2 Å². The summed E-state index contributed by atoms with van der Waals surface area (Å²) in [5, 5.41) is 9.66. The standard InChI is InChI=1S/C18H23NO7/c1-5-7-24-17(22)15-12(9-20)10(3)14-13(16(21)19(14)15)11(4)26-18(23)25-8-6-2/h5-6,10-11,13-14,20H,1-2,7-9H2,3-4H3/t10-,11+,13+,14+/m0/s1. The van der Waals surface area contributed by atoms with Crippen LogP contribution >= 0.6 is 0 Å². The molecule has 0 aromatic heterocycles. The van der Waals surface area contributed by atoms with Gasteiger partial charge in [0.15, 0.2) is 0 Å². The van der Waals surface area contributed by atoms with Crippen molar-refractivity contribution in [1.29, 1.82) is 0 Å². The van der Waals surface area contributed by atoms with Gasteiger partial charge in [0.2, 0.25) is 5.91 Å². The first kappa shape index (κ1) is 19.7. The van der Waals surface area contributed by atoms with E-state index >= 15 is 0 Å². The van der Waals surface area contributed by atoms with Crippen LogP contribution in [0.25, 0.3) is 0 Å². The van der Waals surface area contributed by atoms with Crippen molar-refractivity contribution in [3.63, 3.8) is 0 Å². The lowest BCUT2D eigenvalue weighted by molar-refractivity contribution is -0.164. The lowest BCUT2D eigenvalue weighted by Crippen LogP contribution is -2.64. The van der Waals surface area contributed by atoms with E-state index in [0.717, 1.165) is 0 Å². The van der Waals surface area contributed by atoms with Crippen LogP contribution in [-0.4, -0.2) is 60.0 Å². The molecule has 142 valence electrons. The molecule has 1 N–H and O–H groups in total. The van der Waals surface area contributed by atoms with Crippen molar-refractivity contribution >= 4 is 18.0 Å².